The lowest BCUT2D eigenvalue weighted by atomic mass is 9.81. The first-order chi connectivity index (χ1) is 36.6. The number of unbranched alkanes of at least 4 members (excludes halogenated alkanes) is 2. The number of imide groups is 1. The van der Waals surface area contributed by atoms with Crippen molar-refractivity contribution >= 4 is 58.3 Å². The highest BCUT2D eigenvalue weighted by Gasteiger charge is 2.49. The zero-order valence-corrected chi connectivity index (χ0v) is 42.5. The molecular formula is C51H60FN7O18. The summed E-state index contributed by atoms with van der Waals surface area (Å²) in [7, 11) is 0. The highest BCUT2D eigenvalue weighted by Crippen LogP contribution is 2.46. The van der Waals surface area contributed by atoms with Crippen molar-refractivity contribution in [3.05, 3.63) is 73.8 Å². The fourth-order valence-corrected chi connectivity index (χ4v) is 10.3. The molecular weight excluding hydrogens is 1020 g/mol. The van der Waals surface area contributed by atoms with Gasteiger partial charge in [-0.15, -0.1) is 0 Å². The van der Waals surface area contributed by atoms with Crippen LogP contribution in [0.5, 0.6) is 0 Å². The van der Waals surface area contributed by atoms with Crippen molar-refractivity contribution in [3.8, 4) is 11.4 Å². The molecule has 9 atom stereocenters. The van der Waals surface area contributed by atoms with E-state index in [0.717, 1.165) is 4.90 Å². The summed E-state index contributed by atoms with van der Waals surface area (Å²) in [6.45, 7) is 4.13. The van der Waals surface area contributed by atoms with E-state index in [1.165, 1.54) is 28.9 Å². The van der Waals surface area contributed by atoms with Gasteiger partial charge in [-0.2, -0.15) is 0 Å². The van der Waals surface area contributed by atoms with Crippen LogP contribution in [0.25, 0.3) is 22.3 Å². The van der Waals surface area contributed by atoms with Crippen molar-refractivity contribution in [2.75, 3.05) is 26.5 Å². The second kappa shape index (κ2) is 22.9. The van der Waals surface area contributed by atoms with E-state index < -0.39 is 139 Å². The molecule has 2 aromatic heterocycles. The number of hydrogen-bond acceptors (Lipinski definition) is 18. The van der Waals surface area contributed by atoms with Crippen LogP contribution in [0.15, 0.2) is 29.1 Å². The summed E-state index contributed by atoms with van der Waals surface area (Å²) in [6.07, 6.45) is -6.02. The van der Waals surface area contributed by atoms with Crippen molar-refractivity contribution < 1.29 is 87.2 Å². The smallest absolute Gasteiger partial charge is 0.343 e. The van der Waals surface area contributed by atoms with Crippen molar-refractivity contribution in [2.45, 2.75) is 140 Å². The number of aliphatic carboxylic acids is 1. The zero-order chi connectivity index (χ0) is 55.8. The first-order valence-electron chi connectivity index (χ1n) is 25.2. The lowest BCUT2D eigenvalue weighted by Gasteiger charge is -2.38. The maximum Gasteiger partial charge on any atom is 0.343 e. The van der Waals surface area contributed by atoms with Crippen molar-refractivity contribution in [1.82, 2.24) is 35.7 Å². The number of nitrogens with one attached hydrogen (secondary N) is 4. The number of aliphatic hydroxyl groups is 4. The highest BCUT2D eigenvalue weighted by molar-refractivity contribution is 6.12. The largest absolute Gasteiger partial charge is 0.479 e. The molecule has 77 heavy (non-hydrogen) atoms. The molecule has 9 N–H and O–H groups in total. The molecule has 0 radical (unpaired) electrons. The maximum absolute atomic E-state index is 15.5. The number of cyclic esters (lactones) is 1. The number of carbonyl (C=O) groups is 8. The molecule has 8 rings (SSSR count). The lowest BCUT2D eigenvalue weighted by Crippen LogP contribution is -2.61. The van der Waals surface area contributed by atoms with Crippen LogP contribution < -0.4 is 26.8 Å². The van der Waals surface area contributed by atoms with Crippen LogP contribution in [0.3, 0.4) is 0 Å². The first-order valence-corrected chi connectivity index (χ1v) is 25.2. The third kappa shape index (κ3) is 11.1. The van der Waals surface area contributed by atoms with Gasteiger partial charge in [-0.3, -0.25) is 38.5 Å². The number of nitrogens with zero attached hydrogens (tertiary/aromatic N) is 3. The zero-order valence-electron chi connectivity index (χ0n) is 42.5. The van der Waals surface area contributed by atoms with Crippen LogP contribution in [0, 0.1) is 18.7 Å². The van der Waals surface area contributed by atoms with Crippen molar-refractivity contribution in [2.24, 2.45) is 5.92 Å². The number of fused-ring (bicyclic) bond motifs is 5. The Morgan fingerprint density at radius 2 is 1.66 bits per heavy atom. The van der Waals surface area contributed by atoms with Gasteiger partial charge in [0.15, 0.2) is 18.0 Å². The predicted octanol–water partition coefficient (Wildman–Crippen LogP) is -1.26. The number of carbonyl (C=O) groups excluding carboxylic acids is 7. The molecule has 0 spiro atoms. The number of hydrogen-bond donors (Lipinski definition) is 9. The van der Waals surface area contributed by atoms with E-state index in [4.69, 9.17) is 23.9 Å². The van der Waals surface area contributed by atoms with E-state index in [0.29, 0.717) is 59.0 Å². The van der Waals surface area contributed by atoms with Gasteiger partial charge >= 0.3 is 11.9 Å². The normalized spacial score (nSPS) is 24.0. The van der Waals surface area contributed by atoms with Gasteiger partial charge in [-0.05, 0) is 67.7 Å². The molecule has 0 bridgehead atoms. The van der Waals surface area contributed by atoms with Gasteiger partial charge in [0.2, 0.25) is 23.6 Å². The van der Waals surface area contributed by atoms with Crippen LogP contribution >= 0.6 is 0 Å². The fourth-order valence-electron chi connectivity index (χ4n) is 10.3. The summed E-state index contributed by atoms with van der Waals surface area (Å²) in [4.78, 5) is 122. The number of pyridine rings is 2. The molecule has 25 nitrogen and oxygen atoms in total. The Labute approximate surface area is 438 Å². The second-order valence-corrected chi connectivity index (χ2v) is 19.9. The van der Waals surface area contributed by atoms with Gasteiger partial charge in [0.25, 0.3) is 17.4 Å². The summed E-state index contributed by atoms with van der Waals surface area (Å²) in [6, 6.07) is -0.848. The van der Waals surface area contributed by atoms with Crippen LogP contribution in [0.4, 0.5) is 4.39 Å². The van der Waals surface area contributed by atoms with Gasteiger partial charge in [-0.25, -0.2) is 19.0 Å². The average Bonchev–Trinajstić information content (AvgIpc) is 4.04. The molecule has 6 heterocycles. The van der Waals surface area contributed by atoms with Crippen LogP contribution in [-0.2, 0) is 82.5 Å². The predicted molar refractivity (Wildman–Crippen MR) is 261 cm³/mol. The number of halogens is 1. The third-order valence-electron chi connectivity index (χ3n) is 14.6. The Kier molecular flexibility index (Phi) is 16.7. The van der Waals surface area contributed by atoms with Gasteiger partial charge < -0.3 is 70.3 Å². The molecule has 5 aliphatic rings. The van der Waals surface area contributed by atoms with E-state index in [1.54, 1.807) is 27.7 Å². The Hall–Kier alpha value is -7.07. The van der Waals surface area contributed by atoms with E-state index in [9.17, 15) is 68.7 Å². The number of rotatable bonds is 21. The molecule has 0 saturated carbocycles. The topological polar surface area (TPSA) is 361 Å². The second-order valence-electron chi connectivity index (χ2n) is 19.9. The number of carboxylic acid groups (broad SMARTS) is 1. The molecule has 1 aliphatic carbocycles. The minimum Gasteiger partial charge on any atom is -0.479 e. The number of amides is 6. The lowest BCUT2D eigenvalue weighted by molar-refractivity contribution is -0.294. The highest BCUT2D eigenvalue weighted by atomic mass is 19.1. The molecule has 414 valence electrons. The molecule has 1 saturated heterocycles. The molecule has 1 aromatic carbocycles. The summed E-state index contributed by atoms with van der Waals surface area (Å²) >= 11 is 0. The standard InChI is InChI=1S/C51H60FN7O18/c1-5-51(73)27-15-32-40-25(17-59(32)47(69)26(27)18-76-50(51)72)38-29(11-10-24-23(4)28(52)16-30(55-40)37(24)38)54-34(61)20-74-21-53-45(67)31(19-75-49-43(66)41(64)42(65)44(77-49)48(70)71)56-46(68)39(22(2)3)57-33(60)9-7-6-8-14-58-35(62)12-13-36(58)63/h12-13,15-16,22,29,31,39,41-44,49,64-66,73H,5-11,14,17-21H2,1-4H3,(H,53,67)(H,54,61)(H,56,68)(H,57,60)(H,70,71)/t29-,31-,39-,41-,42-,43+,44-,49+,51-/m0/s1. The quantitative estimate of drug-likeness (QED) is 0.0204. The molecule has 4 aliphatic heterocycles. The summed E-state index contributed by atoms with van der Waals surface area (Å²) in [5.74, 6) is -7.57. The SMILES string of the molecule is CC[C@@]1(O)C(=O)OCc2c1cc1n(c2=O)Cc2c-1nc1cc(F)c(C)c3c1c2[C@@H](NC(=O)COCNC(=O)[C@H](CO[C@@H]1O[C@H](C(=O)O)[C@@H](O)[C@H](O)[C@H]1O)NC(=O)[C@@H](NC(=O)CCCCCN1C(=O)C=CC1=O)C(C)C)CC3. The molecule has 1 fully saturated rings. The summed E-state index contributed by atoms with van der Waals surface area (Å²) in [5, 5.41) is 63.0. The number of carboxylic acids is 1. The minimum atomic E-state index is -2.10. The first kappa shape index (κ1) is 56.1. The van der Waals surface area contributed by atoms with Gasteiger partial charge in [0.1, 0.15) is 56.2 Å². The monoisotopic (exact) mass is 1080 g/mol. The number of benzene rings is 1. The molecule has 3 aromatic rings. The summed E-state index contributed by atoms with van der Waals surface area (Å²) < 4.78 is 38.3. The average molecular weight is 1080 g/mol. The van der Waals surface area contributed by atoms with E-state index in [2.05, 4.69) is 21.3 Å². The minimum absolute atomic E-state index is 0.00829. The van der Waals surface area contributed by atoms with Gasteiger partial charge in [0.05, 0.1) is 41.7 Å². The van der Waals surface area contributed by atoms with E-state index in [1.807, 2.05) is 0 Å². The number of aryl methyl sites for hydroxylation is 1. The maximum atomic E-state index is 15.5. The Bertz CT molecular complexity index is 3000. The van der Waals surface area contributed by atoms with E-state index >= 15 is 4.39 Å². The van der Waals surface area contributed by atoms with Crippen molar-refractivity contribution in [1.29, 1.82) is 0 Å². The van der Waals surface area contributed by atoms with E-state index in [-0.39, 0.29) is 61.3 Å². The van der Waals surface area contributed by atoms with Crippen LogP contribution in [0.1, 0.15) is 98.7 Å². The molecule has 0 unspecified atom stereocenters. The number of aliphatic hydroxyl groups excluding tert-OH is 3. The molecule has 6 amide bonds. The van der Waals surface area contributed by atoms with Crippen LogP contribution in [0.2, 0.25) is 0 Å². The van der Waals surface area contributed by atoms with Crippen molar-refractivity contribution in [3.63, 3.8) is 0 Å². The number of aromatic nitrogens is 2. The number of ether oxygens (including phenoxy) is 4. The van der Waals surface area contributed by atoms with Gasteiger partial charge in [0, 0.05) is 47.7 Å². The number of esters is 1. The summed E-state index contributed by atoms with van der Waals surface area (Å²) in [5.41, 5.74) is 0.600. The van der Waals surface area contributed by atoms with Crippen LogP contribution in [-0.4, -0.2) is 157 Å². The Morgan fingerprint density at radius 1 is 0.935 bits per heavy atom. The Morgan fingerprint density at radius 3 is 2.35 bits per heavy atom. The molecule has 26 heteroatoms. The van der Waals surface area contributed by atoms with Gasteiger partial charge in [-0.1, -0.05) is 27.2 Å². The third-order valence-corrected chi connectivity index (χ3v) is 14.6. The fraction of sp³-hybridized carbons (Fsp3) is 0.529. The Balaban J connectivity index is 0.936.